The highest BCUT2D eigenvalue weighted by Gasteiger charge is 2.20. The van der Waals surface area contributed by atoms with E-state index in [0.717, 1.165) is 20.4 Å². The first-order valence-corrected chi connectivity index (χ1v) is 8.30. The predicted octanol–water partition coefficient (Wildman–Crippen LogP) is 4.09. The van der Waals surface area contributed by atoms with Crippen LogP contribution in [0.1, 0.15) is 28.4 Å². The number of rotatable bonds is 4. The van der Waals surface area contributed by atoms with Crippen LogP contribution in [0.15, 0.2) is 42.5 Å². The van der Waals surface area contributed by atoms with Crippen LogP contribution in [0, 0.1) is 17.4 Å². The predicted molar refractivity (Wildman–Crippen MR) is 98.6 cm³/mol. The third kappa shape index (κ3) is 4.54. The minimum atomic E-state index is -0.874. The fourth-order valence-electron chi connectivity index (χ4n) is 2.10. The molecule has 1 atom stereocenters. The third-order valence-corrected chi connectivity index (χ3v) is 4.18. The van der Waals surface area contributed by atoms with Crippen LogP contribution in [0.3, 0.4) is 0 Å². The Hall–Kier alpha value is -1.89. The molecule has 0 aliphatic carbocycles. The molecule has 2 aromatic rings. The van der Waals surface area contributed by atoms with Gasteiger partial charge >= 0.3 is 5.97 Å². The number of hydrogen-bond donors (Lipinski definition) is 1. The fraction of sp³-hybridized carbons (Fsp3) is 0.222. The summed E-state index contributed by atoms with van der Waals surface area (Å²) in [5.41, 5.74) is 3.12. The quantitative estimate of drug-likeness (QED) is 0.596. The van der Waals surface area contributed by atoms with Gasteiger partial charge in [-0.2, -0.15) is 0 Å². The van der Waals surface area contributed by atoms with Crippen LogP contribution >= 0.6 is 22.6 Å². The molecule has 0 aliphatic rings. The minimum absolute atomic E-state index is 0.346. The van der Waals surface area contributed by atoms with Gasteiger partial charge in [0.05, 0.1) is 5.56 Å². The highest BCUT2D eigenvalue weighted by atomic mass is 127. The molecule has 0 saturated carbocycles. The topological polar surface area (TPSA) is 55.4 Å². The van der Waals surface area contributed by atoms with Crippen LogP contribution in [-0.2, 0) is 9.53 Å². The molecule has 0 heterocycles. The molecular weight excluding hydrogens is 405 g/mol. The second kappa shape index (κ2) is 7.59. The highest BCUT2D eigenvalue weighted by molar-refractivity contribution is 14.1. The van der Waals surface area contributed by atoms with Gasteiger partial charge in [-0.25, -0.2) is 4.79 Å². The molecule has 2 aromatic carbocycles. The van der Waals surface area contributed by atoms with Gasteiger partial charge in [0, 0.05) is 9.26 Å². The van der Waals surface area contributed by atoms with Gasteiger partial charge in [-0.05, 0) is 78.8 Å². The summed E-state index contributed by atoms with van der Waals surface area (Å²) in [6, 6.07) is 12.8. The van der Waals surface area contributed by atoms with Crippen molar-refractivity contribution in [3.63, 3.8) is 0 Å². The molecule has 0 fully saturated rings. The molecule has 1 amide bonds. The molecular formula is C18H18INO3. The van der Waals surface area contributed by atoms with Crippen molar-refractivity contribution >= 4 is 40.2 Å². The average molecular weight is 423 g/mol. The van der Waals surface area contributed by atoms with E-state index in [2.05, 4.69) is 27.9 Å². The van der Waals surface area contributed by atoms with Crippen molar-refractivity contribution in [1.82, 2.24) is 0 Å². The Morgan fingerprint density at radius 1 is 1.04 bits per heavy atom. The van der Waals surface area contributed by atoms with Crippen LogP contribution in [0.5, 0.6) is 0 Å². The maximum Gasteiger partial charge on any atom is 0.338 e. The van der Waals surface area contributed by atoms with Crippen molar-refractivity contribution in [2.24, 2.45) is 0 Å². The zero-order valence-corrected chi connectivity index (χ0v) is 15.4. The number of hydrogen-bond acceptors (Lipinski definition) is 3. The van der Waals surface area contributed by atoms with Crippen molar-refractivity contribution in [2.75, 3.05) is 5.32 Å². The number of aryl methyl sites for hydroxylation is 2. The van der Waals surface area contributed by atoms with Crippen molar-refractivity contribution in [3.8, 4) is 0 Å². The Bertz CT molecular complexity index is 705. The number of para-hydroxylation sites is 1. The van der Waals surface area contributed by atoms with E-state index < -0.39 is 12.1 Å². The summed E-state index contributed by atoms with van der Waals surface area (Å²) in [5.74, 6) is -0.855. The smallest absolute Gasteiger partial charge is 0.338 e. The number of carbonyl (C=O) groups excluding carboxylic acids is 2. The van der Waals surface area contributed by atoms with Crippen LogP contribution in [0.25, 0.3) is 0 Å². The monoisotopic (exact) mass is 423 g/mol. The lowest BCUT2D eigenvalue weighted by atomic mass is 10.1. The van der Waals surface area contributed by atoms with Gasteiger partial charge < -0.3 is 10.1 Å². The van der Waals surface area contributed by atoms with Gasteiger partial charge in [0.25, 0.3) is 5.91 Å². The zero-order chi connectivity index (χ0) is 17.0. The third-order valence-electron chi connectivity index (χ3n) is 3.46. The maximum absolute atomic E-state index is 12.2. The van der Waals surface area contributed by atoms with Gasteiger partial charge in [0.1, 0.15) is 0 Å². The summed E-state index contributed by atoms with van der Waals surface area (Å²) in [6.45, 7) is 5.41. The number of anilines is 1. The van der Waals surface area contributed by atoms with Gasteiger partial charge in [0.2, 0.25) is 0 Å². The Labute approximate surface area is 149 Å². The molecule has 4 nitrogen and oxygen atoms in total. The standard InChI is InChI=1S/C18H18INO3/c1-11-5-4-6-12(2)16(11)20-17(21)13(3)23-18(22)14-7-9-15(19)10-8-14/h4-10,13H,1-3H3,(H,20,21). The van der Waals surface area contributed by atoms with Crippen molar-refractivity contribution in [1.29, 1.82) is 0 Å². The van der Waals surface area contributed by atoms with E-state index in [1.54, 1.807) is 19.1 Å². The first kappa shape index (κ1) is 17.5. The van der Waals surface area contributed by atoms with Gasteiger partial charge in [-0.3, -0.25) is 4.79 Å². The number of halogens is 1. The van der Waals surface area contributed by atoms with Gasteiger partial charge in [0.15, 0.2) is 6.10 Å². The van der Waals surface area contributed by atoms with Gasteiger partial charge in [-0.15, -0.1) is 0 Å². The molecule has 0 spiro atoms. The normalized spacial score (nSPS) is 11.7. The summed E-state index contributed by atoms with van der Waals surface area (Å²) in [6.07, 6.45) is -0.874. The minimum Gasteiger partial charge on any atom is -0.449 e. The molecule has 23 heavy (non-hydrogen) atoms. The molecule has 0 aliphatic heterocycles. The molecule has 1 N–H and O–H groups in total. The van der Waals surface area contributed by atoms with Crippen molar-refractivity contribution in [3.05, 3.63) is 62.7 Å². The number of benzene rings is 2. The van der Waals surface area contributed by atoms with E-state index in [0.29, 0.717) is 5.56 Å². The number of carbonyl (C=O) groups is 2. The van der Waals surface area contributed by atoms with E-state index in [1.165, 1.54) is 0 Å². The summed E-state index contributed by atoms with van der Waals surface area (Å²) in [7, 11) is 0. The molecule has 0 bridgehead atoms. The Balaban J connectivity index is 2.02. The lowest BCUT2D eigenvalue weighted by molar-refractivity contribution is -0.123. The van der Waals surface area contributed by atoms with Crippen LogP contribution in [0.2, 0.25) is 0 Å². The van der Waals surface area contributed by atoms with Gasteiger partial charge in [-0.1, -0.05) is 18.2 Å². The second-order valence-electron chi connectivity index (χ2n) is 5.31. The SMILES string of the molecule is Cc1cccc(C)c1NC(=O)C(C)OC(=O)c1ccc(I)cc1. The second-order valence-corrected chi connectivity index (χ2v) is 6.56. The maximum atomic E-state index is 12.2. The molecule has 2 rings (SSSR count). The number of amides is 1. The largest absolute Gasteiger partial charge is 0.449 e. The van der Waals surface area contributed by atoms with Crippen LogP contribution < -0.4 is 5.32 Å². The molecule has 1 unspecified atom stereocenters. The highest BCUT2D eigenvalue weighted by Crippen LogP contribution is 2.20. The number of ether oxygens (including phenoxy) is 1. The lowest BCUT2D eigenvalue weighted by Crippen LogP contribution is -2.30. The number of nitrogens with one attached hydrogen (secondary N) is 1. The number of esters is 1. The molecule has 5 heteroatoms. The average Bonchev–Trinajstić information content (AvgIpc) is 2.51. The molecule has 0 saturated heterocycles. The Morgan fingerprint density at radius 3 is 2.17 bits per heavy atom. The zero-order valence-electron chi connectivity index (χ0n) is 13.2. The van der Waals surface area contributed by atoms with Crippen molar-refractivity contribution in [2.45, 2.75) is 26.9 Å². The Morgan fingerprint density at radius 2 is 1.61 bits per heavy atom. The van der Waals surface area contributed by atoms with Crippen LogP contribution in [0.4, 0.5) is 5.69 Å². The van der Waals surface area contributed by atoms with E-state index in [1.807, 2.05) is 44.2 Å². The van der Waals surface area contributed by atoms with E-state index in [-0.39, 0.29) is 5.91 Å². The fourth-order valence-corrected chi connectivity index (χ4v) is 2.46. The van der Waals surface area contributed by atoms with E-state index >= 15 is 0 Å². The molecule has 0 aromatic heterocycles. The summed E-state index contributed by atoms with van der Waals surface area (Å²) >= 11 is 2.16. The molecule has 120 valence electrons. The summed E-state index contributed by atoms with van der Waals surface area (Å²) in [4.78, 5) is 24.3. The first-order chi connectivity index (χ1) is 10.9. The summed E-state index contributed by atoms with van der Waals surface area (Å²) in [5, 5.41) is 2.83. The van der Waals surface area contributed by atoms with Crippen LogP contribution in [-0.4, -0.2) is 18.0 Å². The van der Waals surface area contributed by atoms with E-state index in [4.69, 9.17) is 4.74 Å². The Kier molecular flexibility index (Phi) is 5.76. The van der Waals surface area contributed by atoms with E-state index in [9.17, 15) is 9.59 Å². The lowest BCUT2D eigenvalue weighted by Gasteiger charge is -2.16. The molecule has 0 radical (unpaired) electrons. The first-order valence-electron chi connectivity index (χ1n) is 7.22. The van der Waals surface area contributed by atoms with Crippen molar-refractivity contribution < 1.29 is 14.3 Å². The summed E-state index contributed by atoms with van der Waals surface area (Å²) < 4.78 is 6.26.